The number of methoxy groups -OCH3 is 1. The number of carbonyl (C=O) groups is 1. The molecule has 0 amide bonds. The SMILES string of the molecule is COC(=O)[C@H]1NC[C@@H]2OC(C)(C)CC21. The van der Waals surface area contributed by atoms with Crippen molar-refractivity contribution in [3.8, 4) is 0 Å². The number of nitrogens with one attached hydrogen (secondary N) is 1. The molecule has 2 fully saturated rings. The fourth-order valence-corrected chi connectivity index (χ4v) is 2.55. The van der Waals surface area contributed by atoms with E-state index in [2.05, 4.69) is 19.2 Å². The van der Waals surface area contributed by atoms with Crippen molar-refractivity contribution in [3.63, 3.8) is 0 Å². The average molecular weight is 199 g/mol. The topological polar surface area (TPSA) is 47.6 Å². The van der Waals surface area contributed by atoms with Crippen LogP contribution in [0, 0.1) is 5.92 Å². The maximum absolute atomic E-state index is 11.4. The summed E-state index contributed by atoms with van der Waals surface area (Å²) in [6.45, 7) is 4.90. The number of hydrogen-bond acceptors (Lipinski definition) is 4. The zero-order chi connectivity index (χ0) is 10.3. The first kappa shape index (κ1) is 9.93. The summed E-state index contributed by atoms with van der Waals surface area (Å²) in [5, 5.41) is 3.15. The van der Waals surface area contributed by atoms with E-state index in [9.17, 15) is 4.79 Å². The molecular weight excluding hydrogens is 182 g/mol. The first-order chi connectivity index (χ1) is 6.53. The zero-order valence-electron chi connectivity index (χ0n) is 8.87. The Kier molecular flexibility index (Phi) is 2.27. The predicted molar refractivity (Wildman–Crippen MR) is 50.9 cm³/mol. The lowest BCUT2D eigenvalue weighted by atomic mass is 9.91. The highest BCUT2D eigenvalue weighted by atomic mass is 16.5. The van der Waals surface area contributed by atoms with Gasteiger partial charge in [0.05, 0.1) is 18.8 Å². The first-order valence-electron chi connectivity index (χ1n) is 5.02. The molecule has 0 bridgehead atoms. The Morgan fingerprint density at radius 2 is 2.29 bits per heavy atom. The van der Waals surface area contributed by atoms with Gasteiger partial charge in [-0.1, -0.05) is 0 Å². The molecule has 0 saturated carbocycles. The minimum atomic E-state index is -0.174. The number of rotatable bonds is 1. The van der Waals surface area contributed by atoms with Gasteiger partial charge < -0.3 is 14.8 Å². The van der Waals surface area contributed by atoms with Gasteiger partial charge in [-0.2, -0.15) is 0 Å². The Labute approximate surface area is 84.0 Å². The van der Waals surface area contributed by atoms with Gasteiger partial charge in [0.15, 0.2) is 0 Å². The summed E-state index contributed by atoms with van der Waals surface area (Å²) in [6, 6.07) is -0.174. The first-order valence-corrected chi connectivity index (χ1v) is 5.02. The molecule has 0 aromatic heterocycles. The summed E-state index contributed by atoms with van der Waals surface area (Å²) in [7, 11) is 1.43. The van der Waals surface area contributed by atoms with Crippen LogP contribution in [0.4, 0.5) is 0 Å². The minimum absolute atomic E-state index is 0.0935. The zero-order valence-corrected chi connectivity index (χ0v) is 8.87. The molecule has 4 nitrogen and oxygen atoms in total. The van der Waals surface area contributed by atoms with Gasteiger partial charge in [0, 0.05) is 12.5 Å². The molecule has 80 valence electrons. The highest BCUT2D eigenvalue weighted by molar-refractivity contribution is 5.76. The van der Waals surface area contributed by atoms with E-state index in [0.29, 0.717) is 0 Å². The smallest absolute Gasteiger partial charge is 0.323 e. The Hall–Kier alpha value is -0.610. The van der Waals surface area contributed by atoms with E-state index in [1.165, 1.54) is 7.11 Å². The van der Waals surface area contributed by atoms with Gasteiger partial charge in [-0.3, -0.25) is 4.79 Å². The van der Waals surface area contributed by atoms with Crippen molar-refractivity contribution >= 4 is 5.97 Å². The molecule has 0 spiro atoms. The maximum atomic E-state index is 11.4. The van der Waals surface area contributed by atoms with Gasteiger partial charge in [0.2, 0.25) is 0 Å². The van der Waals surface area contributed by atoms with Gasteiger partial charge in [-0.05, 0) is 20.3 Å². The van der Waals surface area contributed by atoms with Gasteiger partial charge in [0.1, 0.15) is 6.04 Å². The molecule has 4 heteroatoms. The largest absolute Gasteiger partial charge is 0.468 e. The summed E-state index contributed by atoms with van der Waals surface area (Å²) < 4.78 is 10.6. The van der Waals surface area contributed by atoms with Crippen molar-refractivity contribution in [2.45, 2.75) is 38.0 Å². The van der Waals surface area contributed by atoms with Crippen LogP contribution in [0.1, 0.15) is 20.3 Å². The molecule has 2 heterocycles. The summed E-state index contributed by atoms with van der Waals surface area (Å²) in [5.41, 5.74) is -0.0935. The van der Waals surface area contributed by atoms with E-state index >= 15 is 0 Å². The lowest BCUT2D eigenvalue weighted by molar-refractivity contribution is -0.143. The number of carbonyl (C=O) groups excluding carboxylic acids is 1. The Balaban J connectivity index is 2.08. The minimum Gasteiger partial charge on any atom is -0.468 e. The van der Waals surface area contributed by atoms with Crippen LogP contribution in [0.2, 0.25) is 0 Å². The summed E-state index contributed by atoms with van der Waals surface area (Å²) in [6.07, 6.45) is 1.10. The standard InChI is InChI=1S/C10H17NO3/c1-10(2)4-6-7(14-10)5-11-8(6)9(12)13-3/h6-8,11H,4-5H2,1-3H3/t6?,7-,8-/m0/s1. The molecule has 0 radical (unpaired) electrons. The summed E-state index contributed by atoms with van der Waals surface area (Å²) in [5.74, 6) is 0.108. The molecule has 0 aliphatic carbocycles. The van der Waals surface area contributed by atoms with E-state index in [1.807, 2.05) is 0 Å². The Morgan fingerprint density at radius 3 is 2.93 bits per heavy atom. The number of ether oxygens (including phenoxy) is 2. The van der Waals surface area contributed by atoms with Crippen molar-refractivity contribution < 1.29 is 14.3 Å². The van der Waals surface area contributed by atoms with Crippen LogP contribution in [0.3, 0.4) is 0 Å². The molecule has 2 aliphatic rings. The van der Waals surface area contributed by atoms with Crippen LogP contribution in [0.15, 0.2) is 0 Å². The van der Waals surface area contributed by atoms with Crippen molar-refractivity contribution in [3.05, 3.63) is 0 Å². The second-order valence-corrected chi connectivity index (χ2v) is 4.69. The third-order valence-electron chi connectivity index (χ3n) is 3.10. The van der Waals surface area contributed by atoms with Gasteiger partial charge in [0.25, 0.3) is 0 Å². The quantitative estimate of drug-likeness (QED) is 0.618. The van der Waals surface area contributed by atoms with E-state index in [-0.39, 0.29) is 29.6 Å². The van der Waals surface area contributed by atoms with E-state index < -0.39 is 0 Å². The molecule has 3 atom stereocenters. The molecule has 2 rings (SSSR count). The van der Waals surface area contributed by atoms with Crippen molar-refractivity contribution in [1.29, 1.82) is 0 Å². The van der Waals surface area contributed by atoms with Crippen LogP contribution in [0.5, 0.6) is 0 Å². The Bertz CT molecular complexity index is 252. The van der Waals surface area contributed by atoms with Crippen LogP contribution in [-0.2, 0) is 14.3 Å². The second-order valence-electron chi connectivity index (χ2n) is 4.69. The van der Waals surface area contributed by atoms with Crippen LogP contribution in [0.25, 0.3) is 0 Å². The number of hydrogen-bond donors (Lipinski definition) is 1. The molecule has 1 N–H and O–H groups in total. The molecule has 0 aromatic rings. The van der Waals surface area contributed by atoms with Gasteiger partial charge in [-0.15, -0.1) is 0 Å². The van der Waals surface area contributed by atoms with E-state index in [0.717, 1.165) is 13.0 Å². The lowest BCUT2D eigenvalue weighted by Gasteiger charge is -2.20. The van der Waals surface area contributed by atoms with Crippen LogP contribution >= 0.6 is 0 Å². The highest BCUT2D eigenvalue weighted by Crippen LogP contribution is 2.39. The van der Waals surface area contributed by atoms with E-state index in [4.69, 9.17) is 9.47 Å². The third-order valence-corrected chi connectivity index (χ3v) is 3.10. The van der Waals surface area contributed by atoms with Gasteiger partial charge in [-0.25, -0.2) is 0 Å². The van der Waals surface area contributed by atoms with Crippen molar-refractivity contribution in [1.82, 2.24) is 5.32 Å². The predicted octanol–water partition coefficient (Wildman–Crippen LogP) is 0.315. The fourth-order valence-electron chi connectivity index (χ4n) is 2.55. The average Bonchev–Trinajstić information content (AvgIpc) is 2.58. The fraction of sp³-hybridized carbons (Fsp3) is 0.900. The number of esters is 1. The molecule has 2 aliphatic heterocycles. The van der Waals surface area contributed by atoms with E-state index in [1.54, 1.807) is 0 Å². The lowest BCUT2D eigenvalue weighted by Crippen LogP contribution is -2.38. The normalized spacial score (nSPS) is 39.5. The van der Waals surface area contributed by atoms with Crippen LogP contribution < -0.4 is 5.32 Å². The van der Waals surface area contributed by atoms with Crippen molar-refractivity contribution in [2.24, 2.45) is 5.92 Å². The third kappa shape index (κ3) is 1.53. The monoisotopic (exact) mass is 199 g/mol. The maximum Gasteiger partial charge on any atom is 0.323 e. The van der Waals surface area contributed by atoms with Gasteiger partial charge >= 0.3 is 5.97 Å². The van der Waals surface area contributed by atoms with Crippen molar-refractivity contribution in [2.75, 3.05) is 13.7 Å². The highest BCUT2D eigenvalue weighted by Gasteiger charge is 2.50. The van der Waals surface area contributed by atoms with Crippen LogP contribution in [-0.4, -0.2) is 37.4 Å². The summed E-state index contributed by atoms with van der Waals surface area (Å²) in [4.78, 5) is 11.4. The Morgan fingerprint density at radius 1 is 1.57 bits per heavy atom. The molecule has 0 aromatic carbocycles. The molecule has 1 unspecified atom stereocenters. The summed E-state index contributed by atoms with van der Waals surface area (Å²) >= 11 is 0. The molecular formula is C10H17NO3. The second kappa shape index (κ2) is 3.21. The molecule has 14 heavy (non-hydrogen) atoms. The number of fused-ring (bicyclic) bond motifs is 1. The molecule has 2 saturated heterocycles.